The van der Waals surface area contributed by atoms with Gasteiger partial charge in [0.25, 0.3) is 5.91 Å². The van der Waals surface area contributed by atoms with Crippen molar-refractivity contribution in [2.75, 3.05) is 13.2 Å². The van der Waals surface area contributed by atoms with E-state index in [0.717, 1.165) is 25.0 Å². The molecule has 2 heterocycles. The van der Waals surface area contributed by atoms with Crippen LogP contribution >= 0.6 is 0 Å². The molecule has 1 aromatic carbocycles. The monoisotopic (exact) mass is 286 g/mol. The zero-order chi connectivity index (χ0) is 14.7. The fourth-order valence-electron chi connectivity index (χ4n) is 2.34. The molecule has 5 nitrogen and oxygen atoms in total. The number of aryl methyl sites for hydroxylation is 1. The molecule has 5 heteroatoms. The van der Waals surface area contributed by atoms with Crippen molar-refractivity contribution >= 4 is 5.91 Å². The minimum absolute atomic E-state index is 0.123. The van der Waals surface area contributed by atoms with Crippen molar-refractivity contribution in [3.05, 3.63) is 41.6 Å². The predicted molar refractivity (Wildman–Crippen MR) is 78.0 cm³/mol. The highest BCUT2D eigenvalue weighted by atomic mass is 16.5. The molecule has 0 saturated carbocycles. The lowest BCUT2D eigenvalue weighted by molar-refractivity contribution is 0.0850. The molecule has 0 bridgehead atoms. The maximum Gasteiger partial charge on any atom is 0.273 e. The van der Waals surface area contributed by atoms with E-state index in [0.29, 0.717) is 18.0 Å². The first-order valence-electron chi connectivity index (χ1n) is 7.16. The second kappa shape index (κ2) is 6.10. The first kappa shape index (κ1) is 13.8. The molecule has 0 radical (unpaired) electrons. The van der Waals surface area contributed by atoms with Gasteiger partial charge in [-0.1, -0.05) is 35.0 Å². The van der Waals surface area contributed by atoms with Crippen molar-refractivity contribution in [1.29, 1.82) is 0 Å². The molecule has 1 atom stereocenters. The van der Waals surface area contributed by atoms with Crippen LogP contribution < -0.4 is 5.32 Å². The summed E-state index contributed by atoms with van der Waals surface area (Å²) in [5.74, 6) is 0.366. The van der Waals surface area contributed by atoms with Gasteiger partial charge < -0.3 is 14.6 Å². The van der Waals surface area contributed by atoms with Crippen molar-refractivity contribution in [3.8, 4) is 11.3 Å². The van der Waals surface area contributed by atoms with Gasteiger partial charge in [-0.3, -0.25) is 4.79 Å². The third-order valence-corrected chi connectivity index (χ3v) is 3.59. The number of aromatic nitrogens is 1. The summed E-state index contributed by atoms with van der Waals surface area (Å²) in [4.78, 5) is 12.0. The smallest absolute Gasteiger partial charge is 0.273 e. The molecule has 0 unspecified atom stereocenters. The molecular formula is C16H18N2O3. The van der Waals surface area contributed by atoms with Gasteiger partial charge in [-0.15, -0.1) is 0 Å². The third-order valence-electron chi connectivity index (χ3n) is 3.59. The molecule has 1 saturated heterocycles. The highest BCUT2D eigenvalue weighted by molar-refractivity contribution is 5.93. The van der Waals surface area contributed by atoms with Gasteiger partial charge in [-0.2, -0.15) is 0 Å². The second-order valence-electron chi connectivity index (χ2n) is 5.29. The molecule has 2 aromatic rings. The zero-order valence-corrected chi connectivity index (χ0v) is 12.0. The van der Waals surface area contributed by atoms with E-state index >= 15 is 0 Å². The Hall–Kier alpha value is -2.14. The van der Waals surface area contributed by atoms with E-state index in [9.17, 15) is 4.79 Å². The molecular weight excluding hydrogens is 268 g/mol. The largest absolute Gasteiger partial charge is 0.376 e. The molecule has 110 valence electrons. The molecule has 0 spiro atoms. The number of benzene rings is 1. The van der Waals surface area contributed by atoms with Crippen molar-refractivity contribution in [3.63, 3.8) is 0 Å². The van der Waals surface area contributed by atoms with E-state index in [1.807, 2.05) is 31.2 Å². The topological polar surface area (TPSA) is 64.4 Å². The van der Waals surface area contributed by atoms with Crippen LogP contribution in [-0.4, -0.2) is 30.3 Å². The van der Waals surface area contributed by atoms with E-state index in [1.54, 1.807) is 6.07 Å². The number of hydrogen-bond donors (Lipinski definition) is 1. The minimum atomic E-state index is -0.229. The predicted octanol–water partition coefficient (Wildman–Crippen LogP) is 2.56. The van der Waals surface area contributed by atoms with Gasteiger partial charge in [-0.05, 0) is 19.8 Å². The van der Waals surface area contributed by atoms with E-state index < -0.39 is 0 Å². The number of rotatable bonds is 4. The Balaban J connectivity index is 1.63. The van der Waals surface area contributed by atoms with Crippen LogP contribution in [0, 0.1) is 6.92 Å². The van der Waals surface area contributed by atoms with E-state index in [2.05, 4.69) is 10.5 Å². The van der Waals surface area contributed by atoms with Crippen molar-refractivity contribution < 1.29 is 14.1 Å². The summed E-state index contributed by atoms with van der Waals surface area (Å²) in [6, 6.07) is 9.55. The number of hydrogen-bond acceptors (Lipinski definition) is 4. The lowest BCUT2D eigenvalue weighted by Gasteiger charge is -2.09. The molecule has 1 aliphatic rings. The van der Waals surface area contributed by atoms with Crippen LogP contribution in [0.5, 0.6) is 0 Å². The Morgan fingerprint density at radius 2 is 2.19 bits per heavy atom. The molecule has 1 fully saturated rings. The summed E-state index contributed by atoms with van der Waals surface area (Å²) in [5.41, 5.74) is 2.38. The number of carbonyl (C=O) groups is 1. The summed E-state index contributed by atoms with van der Waals surface area (Å²) in [5, 5.41) is 6.66. The summed E-state index contributed by atoms with van der Waals surface area (Å²) >= 11 is 0. The number of carbonyl (C=O) groups excluding carboxylic acids is 1. The van der Waals surface area contributed by atoms with Crippen LogP contribution in [0.1, 0.15) is 28.9 Å². The highest BCUT2D eigenvalue weighted by Crippen LogP contribution is 2.20. The number of amides is 1. The Bertz CT molecular complexity index is 613. The summed E-state index contributed by atoms with van der Waals surface area (Å²) in [7, 11) is 0. The summed E-state index contributed by atoms with van der Waals surface area (Å²) < 4.78 is 10.7. The van der Waals surface area contributed by atoms with Gasteiger partial charge in [0.15, 0.2) is 11.5 Å². The van der Waals surface area contributed by atoms with E-state index in [4.69, 9.17) is 9.26 Å². The van der Waals surface area contributed by atoms with Crippen LogP contribution in [0.3, 0.4) is 0 Å². The van der Waals surface area contributed by atoms with Gasteiger partial charge in [0.2, 0.25) is 0 Å². The number of nitrogens with one attached hydrogen (secondary N) is 1. The Morgan fingerprint density at radius 1 is 1.38 bits per heavy atom. The van der Waals surface area contributed by atoms with Gasteiger partial charge in [0, 0.05) is 24.8 Å². The maximum absolute atomic E-state index is 12.0. The van der Waals surface area contributed by atoms with Gasteiger partial charge in [0.1, 0.15) is 0 Å². The summed E-state index contributed by atoms with van der Waals surface area (Å²) in [6.45, 7) is 3.32. The van der Waals surface area contributed by atoms with Crippen molar-refractivity contribution in [1.82, 2.24) is 10.5 Å². The lowest BCUT2D eigenvalue weighted by Crippen LogP contribution is -2.31. The molecule has 1 aromatic heterocycles. The van der Waals surface area contributed by atoms with Crippen LogP contribution in [0.2, 0.25) is 0 Å². The third kappa shape index (κ3) is 3.31. The molecule has 21 heavy (non-hydrogen) atoms. The van der Waals surface area contributed by atoms with Gasteiger partial charge in [-0.25, -0.2) is 0 Å². The molecule has 1 N–H and O–H groups in total. The number of ether oxygens (including phenoxy) is 1. The highest BCUT2D eigenvalue weighted by Gasteiger charge is 2.18. The van der Waals surface area contributed by atoms with E-state index in [1.165, 1.54) is 5.56 Å². The maximum atomic E-state index is 12.0. The first-order chi connectivity index (χ1) is 10.2. The quantitative estimate of drug-likeness (QED) is 0.938. The second-order valence-corrected chi connectivity index (χ2v) is 5.29. The summed E-state index contributed by atoms with van der Waals surface area (Å²) in [6.07, 6.45) is 2.17. The van der Waals surface area contributed by atoms with Crippen LogP contribution in [0.25, 0.3) is 11.3 Å². The Labute approximate surface area is 123 Å². The van der Waals surface area contributed by atoms with Gasteiger partial charge in [0.05, 0.1) is 6.10 Å². The van der Waals surface area contributed by atoms with Crippen LogP contribution in [0.15, 0.2) is 34.9 Å². The average Bonchev–Trinajstić information content (AvgIpc) is 3.17. The Morgan fingerprint density at radius 3 is 2.90 bits per heavy atom. The fourth-order valence-corrected chi connectivity index (χ4v) is 2.34. The molecule has 0 aliphatic carbocycles. The van der Waals surface area contributed by atoms with Crippen LogP contribution in [0.4, 0.5) is 0 Å². The SMILES string of the molecule is Cc1ccc(-c2cc(C(=O)NC[C@H]3CCCO3)no2)cc1. The normalized spacial score (nSPS) is 17.9. The zero-order valence-electron chi connectivity index (χ0n) is 12.0. The molecule has 3 rings (SSSR count). The number of nitrogens with zero attached hydrogens (tertiary/aromatic N) is 1. The minimum Gasteiger partial charge on any atom is -0.376 e. The molecule has 1 amide bonds. The van der Waals surface area contributed by atoms with Gasteiger partial charge >= 0.3 is 0 Å². The average molecular weight is 286 g/mol. The van der Waals surface area contributed by atoms with E-state index in [-0.39, 0.29) is 12.0 Å². The molecule has 1 aliphatic heterocycles. The lowest BCUT2D eigenvalue weighted by atomic mass is 10.1. The Kier molecular flexibility index (Phi) is 4.01. The first-order valence-corrected chi connectivity index (χ1v) is 7.16. The van der Waals surface area contributed by atoms with Crippen molar-refractivity contribution in [2.45, 2.75) is 25.9 Å². The van der Waals surface area contributed by atoms with Crippen molar-refractivity contribution in [2.24, 2.45) is 0 Å². The fraction of sp³-hybridized carbons (Fsp3) is 0.375. The standard InChI is InChI=1S/C16H18N2O3/c1-11-4-6-12(7-5-11)15-9-14(18-21-15)16(19)17-10-13-3-2-8-20-13/h4-7,9,13H,2-3,8,10H2,1H3,(H,17,19)/t13-/m1/s1. The van der Waals surface area contributed by atoms with Crippen LogP contribution in [-0.2, 0) is 4.74 Å².